The zero-order valence-corrected chi connectivity index (χ0v) is 18.0. The zero-order chi connectivity index (χ0) is 20.6. The second kappa shape index (κ2) is 8.07. The third-order valence-corrected chi connectivity index (χ3v) is 6.75. The molecule has 2 heterocycles. The van der Waals surface area contributed by atoms with Crippen molar-refractivity contribution in [3.63, 3.8) is 0 Å². The van der Waals surface area contributed by atoms with E-state index in [0.717, 1.165) is 25.7 Å². The van der Waals surface area contributed by atoms with Gasteiger partial charge in [-0.2, -0.15) is 0 Å². The number of unbranched alkanes of at least 4 members (excludes halogenated alkanes) is 1. The molecule has 5 atom stereocenters. The largest absolute Gasteiger partial charge is 0.449 e. The lowest BCUT2D eigenvalue weighted by molar-refractivity contribution is -0.459. The standard InChI is InChI=1S/C20H35NO7/c1-7-8-11-26-17(22)21-12-15-16(14(13-23-4)20(21)9-10-20)28-19(3,25-6)18(2,24-5)27-15/h14-16H,7-13H2,1-6H3. The maximum absolute atomic E-state index is 12.9. The van der Waals surface area contributed by atoms with Gasteiger partial charge in [-0.1, -0.05) is 13.3 Å². The number of amides is 1. The van der Waals surface area contributed by atoms with Crippen molar-refractivity contribution in [2.75, 3.05) is 41.1 Å². The highest BCUT2D eigenvalue weighted by molar-refractivity contribution is 5.70. The molecule has 1 saturated carbocycles. The Bertz CT molecular complexity index is 569. The summed E-state index contributed by atoms with van der Waals surface area (Å²) in [5, 5.41) is 0. The molecule has 8 heteroatoms. The van der Waals surface area contributed by atoms with Crippen LogP contribution in [-0.2, 0) is 28.4 Å². The summed E-state index contributed by atoms with van der Waals surface area (Å²) >= 11 is 0. The summed E-state index contributed by atoms with van der Waals surface area (Å²) in [5.41, 5.74) is -0.306. The van der Waals surface area contributed by atoms with Gasteiger partial charge in [0.2, 0.25) is 11.6 Å². The van der Waals surface area contributed by atoms with Crippen LogP contribution in [-0.4, -0.2) is 81.4 Å². The molecule has 0 aromatic heterocycles. The predicted octanol–water partition coefficient (Wildman–Crippen LogP) is 2.54. The summed E-state index contributed by atoms with van der Waals surface area (Å²) in [6, 6.07) is 0. The van der Waals surface area contributed by atoms with E-state index in [0.29, 0.717) is 19.8 Å². The van der Waals surface area contributed by atoms with Gasteiger partial charge in [-0.05, 0) is 33.1 Å². The lowest BCUT2D eigenvalue weighted by Crippen LogP contribution is -2.73. The highest BCUT2D eigenvalue weighted by Crippen LogP contribution is 2.56. The molecule has 0 radical (unpaired) electrons. The molecule has 162 valence electrons. The summed E-state index contributed by atoms with van der Waals surface area (Å²) in [4.78, 5) is 14.7. The minimum atomic E-state index is -1.10. The van der Waals surface area contributed by atoms with Crippen molar-refractivity contribution < 1.29 is 33.2 Å². The van der Waals surface area contributed by atoms with Crippen LogP contribution in [0.1, 0.15) is 46.5 Å². The van der Waals surface area contributed by atoms with Crippen LogP contribution in [0.15, 0.2) is 0 Å². The van der Waals surface area contributed by atoms with Gasteiger partial charge in [-0.15, -0.1) is 0 Å². The fraction of sp³-hybridized carbons (Fsp3) is 0.950. The first-order valence-corrected chi connectivity index (χ1v) is 10.2. The van der Waals surface area contributed by atoms with E-state index in [-0.39, 0.29) is 29.8 Å². The Kier molecular flexibility index (Phi) is 6.27. The van der Waals surface area contributed by atoms with Crippen LogP contribution in [0.3, 0.4) is 0 Å². The number of nitrogens with zero attached hydrogens (tertiary/aromatic N) is 1. The molecule has 1 aliphatic carbocycles. The summed E-state index contributed by atoms with van der Waals surface area (Å²) < 4.78 is 35.2. The minimum absolute atomic E-state index is 0.0362. The van der Waals surface area contributed by atoms with Crippen LogP contribution < -0.4 is 0 Å². The summed E-state index contributed by atoms with van der Waals surface area (Å²) in [6.07, 6.45) is 2.73. The number of carbonyl (C=O) groups is 1. The van der Waals surface area contributed by atoms with Gasteiger partial charge in [0.25, 0.3) is 0 Å². The second-order valence-corrected chi connectivity index (χ2v) is 8.28. The van der Waals surface area contributed by atoms with E-state index in [2.05, 4.69) is 6.92 Å². The molecular weight excluding hydrogens is 366 g/mol. The number of rotatable bonds is 7. The lowest BCUT2D eigenvalue weighted by atomic mass is 9.81. The number of hydrogen-bond donors (Lipinski definition) is 0. The number of piperidine rings is 1. The van der Waals surface area contributed by atoms with Crippen molar-refractivity contribution in [2.45, 2.75) is 75.8 Å². The summed E-state index contributed by atoms with van der Waals surface area (Å²) in [7, 11) is 4.82. The summed E-state index contributed by atoms with van der Waals surface area (Å²) in [5.74, 6) is -2.22. The molecular formula is C20H35NO7. The Morgan fingerprint density at radius 1 is 1.11 bits per heavy atom. The Labute approximate surface area is 167 Å². The van der Waals surface area contributed by atoms with E-state index in [1.807, 2.05) is 11.8 Å². The molecule has 0 aromatic carbocycles. The smallest absolute Gasteiger partial charge is 0.410 e. The van der Waals surface area contributed by atoms with Crippen molar-refractivity contribution in [3.8, 4) is 0 Å². The van der Waals surface area contributed by atoms with Crippen LogP contribution in [0.2, 0.25) is 0 Å². The van der Waals surface area contributed by atoms with Gasteiger partial charge >= 0.3 is 6.09 Å². The molecule has 1 amide bonds. The average Bonchev–Trinajstić information content (AvgIpc) is 3.47. The van der Waals surface area contributed by atoms with Crippen LogP contribution in [0.25, 0.3) is 0 Å². The number of carbonyl (C=O) groups excluding carboxylic acids is 1. The summed E-state index contributed by atoms with van der Waals surface area (Å²) in [6.45, 7) is 6.98. The molecule has 0 aromatic rings. The Hall–Kier alpha value is -0.930. The Morgan fingerprint density at radius 3 is 2.29 bits per heavy atom. The molecule has 3 aliphatic rings. The molecule has 3 fully saturated rings. The number of ether oxygens (including phenoxy) is 6. The third-order valence-electron chi connectivity index (χ3n) is 6.75. The first-order chi connectivity index (χ1) is 13.3. The maximum atomic E-state index is 12.9. The molecule has 0 N–H and O–H groups in total. The quantitative estimate of drug-likeness (QED) is 0.607. The van der Waals surface area contributed by atoms with Gasteiger partial charge in [0, 0.05) is 27.2 Å². The van der Waals surface area contributed by atoms with Crippen molar-refractivity contribution in [3.05, 3.63) is 0 Å². The number of methoxy groups -OCH3 is 3. The van der Waals surface area contributed by atoms with E-state index in [1.165, 1.54) is 0 Å². The fourth-order valence-electron chi connectivity index (χ4n) is 4.56. The van der Waals surface area contributed by atoms with Crippen molar-refractivity contribution >= 4 is 6.09 Å². The van der Waals surface area contributed by atoms with E-state index in [9.17, 15) is 4.79 Å². The molecule has 8 nitrogen and oxygen atoms in total. The average molecular weight is 402 g/mol. The predicted molar refractivity (Wildman–Crippen MR) is 101 cm³/mol. The number of likely N-dealkylation sites (tertiary alicyclic amines) is 1. The zero-order valence-electron chi connectivity index (χ0n) is 18.0. The van der Waals surface area contributed by atoms with Crippen molar-refractivity contribution in [2.24, 2.45) is 5.92 Å². The minimum Gasteiger partial charge on any atom is -0.449 e. The maximum Gasteiger partial charge on any atom is 0.410 e. The second-order valence-electron chi connectivity index (χ2n) is 8.28. The fourth-order valence-corrected chi connectivity index (χ4v) is 4.56. The Balaban J connectivity index is 1.87. The van der Waals surface area contributed by atoms with Gasteiger partial charge in [-0.25, -0.2) is 4.79 Å². The van der Waals surface area contributed by atoms with Crippen molar-refractivity contribution in [1.82, 2.24) is 4.90 Å². The molecule has 5 unspecified atom stereocenters. The van der Waals surface area contributed by atoms with E-state index < -0.39 is 11.6 Å². The molecule has 0 bridgehead atoms. The number of fused-ring (bicyclic) bond motifs is 1. The topological polar surface area (TPSA) is 75.7 Å². The molecule has 1 spiro atoms. The monoisotopic (exact) mass is 401 g/mol. The van der Waals surface area contributed by atoms with Gasteiger partial charge in [0.05, 0.1) is 31.4 Å². The molecule has 28 heavy (non-hydrogen) atoms. The van der Waals surface area contributed by atoms with Crippen LogP contribution in [0.5, 0.6) is 0 Å². The first kappa shape index (κ1) is 21.8. The third kappa shape index (κ3) is 3.43. The van der Waals surface area contributed by atoms with Crippen LogP contribution in [0.4, 0.5) is 4.79 Å². The van der Waals surface area contributed by atoms with Crippen molar-refractivity contribution in [1.29, 1.82) is 0 Å². The van der Waals surface area contributed by atoms with E-state index >= 15 is 0 Å². The SMILES string of the molecule is CCCCOC(=O)N1CC2OC(C)(OC)C(C)(OC)OC2C(COC)C12CC2. The van der Waals surface area contributed by atoms with E-state index in [1.54, 1.807) is 28.3 Å². The van der Waals surface area contributed by atoms with E-state index in [4.69, 9.17) is 28.4 Å². The highest BCUT2D eigenvalue weighted by Gasteiger charge is 2.68. The van der Waals surface area contributed by atoms with Gasteiger partial charge in [-0.3, -0.25) is 4.90 Å². The molecule has 2 aliphatic heterocycles. The van der Waals surface area contributed by atoms with Crippen LogP contribution >= 0.6 is 0 Å². The van der Waals surface area contributed by atoms with Gasteiger partial charge in [0.15, 0.2) is 0 Å². The van der Waals surface area contributed by atoms with Crippen LogP contribution in [0, 0.1) is 5.92 Å². The first-order valence-electron chi connectivity index (χ1n) is 10.2. The molecule has 2 saturated heterocycles. The normalized spacial score (nSPS) is 38.9. The number of hydrogen-bond acceptors (Lipinski definition) is 7. The van der Waals surface area contributed by atoms with Gasteiger partial charge in [0.1, 0.15) is 6.10 Å². The highest BCUT2D eigenvalue weighted by atomic mass is 16.8. The lowest BCUT2D eigenvalue weighted by Gasteiger charge is -2.58. The Morgan fingerprint density at radius 2 is 1.75 bits per heavy atom. The van der Waals surface area contributed by atoms with Gasteiger partial charge < -0.3 is 28.4 Å². The molecule has 3 rings (SSSR count).